The number of aromatic hydroxyl groups is 1. The van der Waals surface area contributed by atoms with Crippen molar-refractivity contribution in [3.63, 3.8) is 0 Å². The minimum atomic E-state index is 0.103. The van der Waals surface area contributed by atoms with Crippen molar-refractivity contribution in [2.45, 2.75) is 71.1 Å². The summed E-state index contributed by atoms with van der Waals surface area (Å²) in [6, 6.07) is 14.9. The Labute approximate surface area is 191 Å². The van der Waals surface area contributed by atoms with Gasteiger partial charge in [0.25, 0.3) is 0 Å². The van der Waals surface area contributed by atoms with E-state index < -0.39 is 0 Å². The molecule has 1 heterocycles. The van der Waals surface area contributed by atoms with E-state index in [1.165, 1.54) is 57.8 Å². The highest BCUT2D eigenvalue weighted by atomic mass is 16.5. The molecule has 3 aromatic rings. The minimum Gasteiger partial charge on any atom is -0.505 e. The monoisotopic (exact) mass is 433 g/mol. The molecule has 0 atom stereocenters. The van der Waals surface area contributed by atoms with Gasteiger partial charge in [-0.15, -0.1) is 10.2 Å². The minimum absolute atomic E-state index is 0.103. The van der Waals surface area contributed by atoms with E-state index >= 15 is 0 Å². The van der Waals surface area contributed by atoms with Crippen molar-refractivity contribution in [3.05, 3.63) is 54.7 Å². The van der Waals surface area contributed by atoms with Gasteiger partial charge in [0.1, 0.15) is 11.4 Å². The lowest BCUT2D eigenvalue weighted by molar-refractivity contribution is 0.307. The third-order valence-corrected chi connectivity index (χ3v) is 5.62. The van der Waals surface area contributed by atoms with Crippen LogP contribution in [0.2, 0.25) is 0 Å². The summed E-state index contributed by atoms with van der Waals surface area (Å²) in [4.78, 5) is 4.14. The fraction of sp³-hybridized carbons (Fsp3) is 0.444. The van der Waals surface area contributed by atoms with Crippen LogP contribution in [0.15, 0.2) is 65.0 Å². The topological polar surface area (TPSA) is 67.1 Å². The van der Waals surface area contributed by atoms with E-state index in [1.807, 2.05) is 36.4 Å². The lowest BCUT2D eigenvalue weighted by Gasteiger charge is -2.12. The van der Waals surface area contributed by atoms with Crippen molar-refractivity contribution in [1.82, 2.24) is 4.98 Å². The van der Waals surface area contributed by atoms with Crippen molar-refractivity contribution in [3.8, 4) is 11.5 Å². The summed E-state index contributed by atoms with van der Waals surface area (Å²) in [6.07, 6.45) is 14.6. The molecule has 32 heavy (non-hydrogen) atoms. The van der Waals surface area contributed by atoms with Crippen LogP contribution < -0.4 is 4.74 Å². The van der Waals surface area contributed by atoms with Gasteiger partial charge >= 0.3 is 0 Å². The van der Waals surface area contributed by atoms with Gasteiger partial charge in [-0.1, -0.05) is 95.0 Å². The molecule has 0 saturated heterocycles. The molecular weight excluding hydrogens is 398 g/mol. The first-order chi connectivity index (χ1) is 15.8. The van der Waals surface area contributed by atoms with E-state index in [9.17, 15) is 5.11 Å². The second kappa shape index (κ2) is 13.5. The summed E-state index contributed by atoms with van der Waals surface area (Å²) >= 11 is 0. The van der Waals surface area contributed by atoms with Gasteiger partial charge in [-0.25, -0.2) is 4.98 Å². The molecule has 2 aromatic carbocycles. The van der Waals surface area contributed by atoms with Crippen molar-refractivity contribution in [2.75, 3.05) is 6.61 Å². The molecular formula is C27H35N3O2. The highest BCUT2D eigenvalue weighted by Crippen LogP contribution is 2.41. The number of fused-ring (bicyclic) bond motifs is 1. The van der Waals surface area contributed by atoms with Gasteiger partial charge in [0, 0.05) is 23.0 Å². The Kier molecular flexibility index (Phi) is 9.97. The van der Waals surface area contributed by atoms with Gasteiger partial charge in [0.2, 0.25) is 0 Å². The van der Waals surface area contributed by atoms with Crippen LogP contribution >= 0.6 is 0 Å². The molecule has 0 aliphatic carbocycles. The summed E-state index contributed by atoms with van der Waals surface area (Å²) in [7, 11) is 0. The van der Waals surface area contributed by atoms with E-state index in [1.54, 1.807) is 18.3 Å². The number of pyridine rings is 1. The number of aromatic nitrogens is 1. The molecule has 0 saturated carbocycles. The lowest BCUT2D eigenvalue weighted by Crippen LogP contribution is -1.98. The van der Waals surface area contributed by atoms with Crippen molar-refractivity contribution >= 4 is 22.3 Å². The zero-order valence-corrected chi connectivity index (χ0v) is 19.2. The Morgan fingerprint density at radius 1 is 0.781 bits per heavy atom. The number of unbranched alkanes of at least 4 members (excludes halogenated alkanes) is 9. The molecule has 0 aliphatic rings. The predicted molar refractivity (Wildman–Crippen MR) is 131 cm³/mol. The fourth-order valence-corrected chi connectivity index (χ4v) is 3.80. The molecule has 0 amide bonds. The molecule has 1 aromatic heterocycles. The normalized spacial score (nSPS) is 11.4. The molecule has 5 nitrogen and oxygen atoms in total. The Bertz CT molecular complexity index is 973. The number of azo groups is 1. The van der Waals surface area contributed by atoms with Gasteiger partial charge < -0.3 is 9.84 Å². The first kappa shape index (κ1) is 23.7. The van der Waals surface area contributed by atoms with E-state index in [2.05, 4.69) is 22.1 Å². The maximum atomic E-state index is 10.7. The first-order valence-corrected chi connectivity index (χ1v) is 12.0. The molecule has 170 valence electrons. The van der Waals surface area contributed by atoms with Gasteiger partial charge in [0.15, 0.2) is 11.6 Å². The Morgan fingerprint density at radius 3 is 2.12 bits per heavy atom. The van der Waals surface area contributed by atoms with Crippen LogP contribution in [0.4, 0.5) is 11.5 Å². The number of phenols is 1. The molecule has 0 radical (unpaired) electrons. The summed E-state index contributed by atoms with van der Waals surface area (Å²) in [5, 5.41) is 20.6. The molecule has 3 rings (SSSR count). The number of benzene rings is 2. The zero-order chi connectivity index (χ0) is 22.4. The van der Waals surface area contributed by atoms with Gasteiger partial charge in [0.05, 0.1) is 6.61 Å². The fourth-order valence-electron chi connectivity index (χ4n) is 3.80. The lowest BCUT2D eigenvalue weighted by atomic mass is 10.1. The SMILES string of the molecule is CCCCCCCCCCCCOc1cc(N=Nc2ccccn2)c(O)c2ccccc12. The summed E-state index contributed by atoms with van der Waals surface area (Å²) in [5.74, 6) is 1.32. The van der Waals surface area contributed by atoms with Gasteiger partial charge in [-0.2, -0.15) is 0 Å². The Morgan fingerprint density at radius 2 is 1.44 bits per heavy atom. The zero-order valence-electron chi connectivity index (χ0n) is 19.2. The highest BCUT2D eigenvalue weighted by molar-refractivity contribution is 5.97. The van der Waals surface area contributed by atoms with Crippen LogP contribution in [-0.4, -0.2) is 16.7 Å². The van der Waals surface area contributed by atoms with Crippen molar-refractivity contribution in [1.29, 1.82) is 0 Å². The maximum absolute atomic E-state index is 10.7. The molecule has 1 N–H and O–H groups in total. The number of phenolic OH excluding ortho intramolecular Hbond substituents is 1. The van der Waals surface area contributed by atoms with Crippen LogP contribution in [0.25, 0.3) is 10.8 Å². The number of nitrogens with zero attached hydrogens (tertiary/aromatic N) is 3. The molecule has 5 heteroatoms. The highest BCUT2D eigenvalue weighted by Gasteiger charge is 2.12. The van der Waals surface area contributed by atoms with Crippen molar-refractivity contribution in [2.24, 2.45) is 10.2 Å². The second-order valence-corrected chi connectivity index (χ2v) is 8.21. The maximum Gasteiger partial charge on any atom is 0.174 e. The van der Waals surface area contributed by atoms with E-state index in [-0.39, 0.29) is 5.75 Å². The Hall–Kier alpha value is -2.95. The number of hydrogen-bond acceptors (Lipinski definition) is 5. The van der Waals surface area contributed by atoms with Crippen molar-refractivity contribution < 1.29 is 9.84 Å². The second-order valence-electron chi connectivity index (χ2n) is 8.21. The Balaban J connectivity index is 1.53. The largest absolute Gasteiger partial charge is 0.505 e. The standard InChI is InChI=1S/C27H35N3O2/c1-2-3-4-5-6-7-8-9-10-15-20-32-25-21-24(29-30-26-18-13-14-19-28-26)27(31)23-17-12-11-16-22(23)25/h11-14,16-19,21,31H,2-10,15,20H2,1H3. The van der Waals surface area contributed by atoms with E-state index in [0.29, 0.717) is 23.5 Å². The molecule has 0 aliphatic heterocycles. The average Bonchev–Trinajstić information content (AvgIpc) is 2.84. The summed E-state index contributed by atoms with van der Waals surface area (Å²) in [5.41, 5.74) is 0.382. The van der Waals surface area contributed by atoms with Gasteiger partial charge in [-0.3, -0.25) is 0 Å². The summed E-state index contributed by atoms with van der Waals surface area (Å²) < 4.78 is 6.11. The number of hydrogen-bond donors (Lipinski definition) is 1. The number of ether oxygens (including phenoxy) is 1. The smallest absolute Gasteiger partial charge is 0.174 e. The molecule has 0 unspecified atom stereocenters. The quantitative estimate of drug-likeness (QED) is 0.204. The number of rotatable bonds is 14. The summed E-state index contributed by atoms with van der Waals surface area (Å²) in [6.45, 7) is 2.91. The van der Waals surface area contributed by atoms with Crippen LogP contribution in [0.3, 0.4) is 0 Å². The van der Waals surface area contributed by atoms with Crippen LogP contribution in [0.5, 0.6) is 11.5 Å². The molecule has 0 fully saturated rings. The molecule has 0 bridgehead atoms. The van der Waals surface area contributed by atoms with Gasteiger partial charge in [-0.05, 0) is 18.6 Å². The predicted octanol–water partition coefficient (Wildman–Crippen LogP) is 8.66. The third-order valence-electron chi connectivity index (χ3n) is 5.62. The average molecular weight is 434 g/mol. The van der Waals surface area contributed by atoms with Crippen LogP contribution in [0, 0.1) is 0 Å². The van der Waals surface area contributed by atoms with Crippen LogP contribution in [0.1, 0.15) is 71.1 Å². The third kappa shape index (κ3) is 7.33. The first-order valence-electron chi connectivity index (χ1n) is 12.0. The van der Waals surface area contributed by atoms with E-state index in [0.717, 1.165) is 17.6 Å². The van der Waals surface area contributed by atoms with E-state index in [4.69, 9.17) is 4.74 Å². The molecule has 0 spiro atoms. The van der Waals surface area contributed by atoms with Crippen LogP contribution in [-0.2, 0) is 0 Å².